The van der Waals surface area contributed by atoms with E-state index in [1.165, 1.54) is 0 Å². The summed E-state index contributed by atoms with van der Waals surface area (Å²) >= 11 is 0. The van der Waals surface area contributed by atoms with E-state index in [4.69, 9.17) is 4.74 Å². The molecular formula is C19H23N7O2. The molecule has 0 saturated carbocycles. The third kappa shape index (κ3) is 3.47. The van der Waals surface area contributed by atoms with E-state index in [0.717, 1.165) is 11.5 Å². The first-order chi connectivity index (χ1) is 13.7. The van der Waals surface area contributed by atoms with Crippen molar-refractivity contribution < 1.29 is 9.53 Å². The van der Waals surface area contributed by atoms with Crippen molar-refractivity contribution in [1.29, 1.82) is 0 Å². The number of anilines is 1. The first kappa shape index (κ1) is 18.1. The van der Waals surface area contributed by atoms with Crippen LogP contribution in [0.4, 0.5) is 5.82 Å². The summed E-state index contributed by atoms with van der Waals surface area (Å²) in [5, 5.41) is 8.37. The van der Waals surface area contributed by atoms with Crippen LogP contribution in [-0.4, -0.2) is 68.1 Å². The molecule has 0 aliphatic carbocycles. The lowest BCUT2D eigenvalue weighted by Gasteiger charge is -2.36. The lowest BCUT2D eigenvalue weighted by Crippen LogP contribution is -2.52. The summed E-state index contributed by atoms with van der Waals surface area (Å²) in [6.45, 7) is 7.06. The zero-order valence-corrected chi connectivity index (χ0v) is 16.0. The van der Waals surface area contributed by atoms with Crippen molar-refractivity contribution in [2.45, 2.75) is 26.5 Å². The molecule has 1 aliphatic rings. The van der Waals surface area contributed by atoms with Crippen LogP contribution < -0.4 is 9.64 Å². The van der Waals surface area contributed by atoms with Gasteiger partial charge in [0.15, 0.2) is 23.1 Å². The van der Waals surface area contributed by atoms with Crippen molar-refractivity contribution in [3.63, 3.8) is 0 Å². The summed E-state index contributed by atoms with van der Waals surface area (Å²) in [7, 11) is 0. The van der Waals surface area contributed by atoms with Gasteiger partial charge in [0.05, 0.1) is 0 Å². The molecule has 0 N–H and O–H groups in total. The standard InChI is InChI=1S/C19H23N7O2/c1-3-26-18-16(22-23-26)17(20-13-21-18)24-9-11-25(12-10-24)19(27)14(2)28-15-7-5-4-6-8-15/h4-8,13-14H,3,9-12H2,1-2H3/t14-/m0/s1. The molecule has 1 aliphatic heterocycles. The van der Waals surface area contributed by atoms with Gasteiger partial charge in [-0.25, -0.2) is 14.6 Å². The number of rotatable bonds is 5. The van der Waals surface area contributed by atoms with Crippen molar-refractivity contribution in [3.05, 3.63) is 36.7 Å². The van der Waals surface area contributed by atoms with Crippen LogP contribution in [0, 0.1) is 0 Å². The number of aryl methyl sites for hydroxylation is 1. The molecule has 0 radical (unpaired) electrons. The van der Waals surface area contributed by atoms with Gasteiger partial charge in [-0.2, -0.15) is 0 Å². The summed E-state index contributed by atoms with van der Waals surface area (Å²) in [4.78, 5) is 25.4. The van der Waals surface area contributed by atoms with E-state index in [0.29, 0.717) is 44.0 Å². The molecule has 0 spiro atoms. The largest absolute Gasteiger partial charge is 0.481 e. The Morgan fingerprint density at radius 1 is 1.14 bits per heavy atom. The Morgan fingerprint density at radius 2 is 1.89 bits per heavy atom. The summed E-state index contributed by atoms with van der Waals surface area (Å²) in [5.74, 6) is 1.46. The molecule has 146 valence electrons. The number of carbonyl (C=O) groups excluding carboxylic acids is 1. The predicted molar refractivity (Wildman–Crippen MR) is 104 cm³/mol. The van der Waals surface area contributed by atoms with Crippen LogP contribution in [0.1, 0.15) is 13.8 Å². The molecule has 28 heavy (non-hydrogen) atoms. The Kier molecular flexibility index (Phi) is 5.05. The maximum absolute atomic E-state index is 12.7. The van der Waals surface area contributed by atoms with Gasteiger partial charge in [-0.05, 0) is 26.0 Å². The Hall–Kier alpha value is -3.23. The van der Waals surface area contributed by atoms with Crippen LogP contribution in [0.5, 0.6) is 5.75 Å². The van der Waals surface area contributed by atoms with E-state index in [1.54, 1.807) is 17.9 Å². The number of carbonyl (C=O) groups is 1. The molecule has 1 fully saturated rings. The Bertz CT molecular complexity index is 951. The fourth-order valence-corrected chi connectivity index (χ4v) is 3.37. The minimum atomic E-state index is -0.524. The van der Waals surface area contributed by atoms with E-state index in [2.05, 4.69) is 25.2 Å². The van der Waals surface area contributed by atoms with Crippen LogP contribution in [0.2, 0.25) is 0 Å². The average molecular weight is 381 g/mol. The van der Waals surface area contributed by atoms with Crippen molar-refractivity contribution in [2.24, 2.45) is 0 Å². The number of nitrogens with zero attached hydrogens (tertiary/aromatic N) is 7. The van der Waals surface area contributed by atoms with Crippen molar-refractivity contribution in [1.82, 2.24) is 29.9 Å². The van der Waals surface area contributed by atoms with Gasteiger partial charge in [-0.15, -0.1) is 5.10 Å². The molecule has 2 aromatic heterocycles. The molecule has 9 nitrogen and oxygen atoms in total. The molecule has 0 bridgehead atoms. The number of amides is 1. The van der Waals surface area contributed by atoms with Gasteiger partial charge in [0.25, 0.3) is 5.91 Å². The second kappa shape index (κ2) is 7.79. The molecule has 0 unspecified atom stereocenters. The Labute approximate surface area is 162 Å². The maximum atomic E-state index is 12.7. The zero-order chi connectivity index (χ0) is 19.5. The minimum Gasteiger partial charge on any atom is -0.481 e. The van der Waals surface area contributed by atoms with E-state index in [-0.39, 0.29) is 5.91 Å². The smallest absolute Gasteiger partial charge is 0.263 e. The molecule has 1 amide bonds. The molecule has 3 heterocycles. The van der Waals surface area contributed by atoms with Gasteiger partial charge in [0.1, 0.15) is 12.1 Å². The number of hydrogen-bond donors (Lipinski definition) is 0. The first-order valence-corrected chi connectivity index (χ1v) is 9.47. The summed E-state index contributed by atoms with van der Waals surface area (Å²) in [6, 6.07) is 9.41. The number of para-hydroxylation sites is 1. The van der Waals surface area contributed by atoms with Gasteiger partial charge in [0.2, 0.25) is 0 Å². The molecule has 1 atom stereocenters. The molecule has 4 rings (SSSR count). The number of hydrogen-bond acceptors (Lipinski definition) is 7. The third-order valence-electron chi connectivity index (χ3n) is 4.88. The second-order valence-electron chi connectivity index (χ2n) is 6.66. The van der Waals surface area contributed by atoms with Crippen molar-refractivity contribution >= 4 is 22.9 Å². The molecule has 3 aromatic rings. The SMILES string of the molecule is CCn1nnc2c(N3CCN(C(=O)[C@H](C)Oc4ccccc4)CC3)ncnc21. The summed E-state index contributed by atoms with van der Waals surface area (Å²) < 4.78 is 7.52. The quantitative estimate of drug-likeness (QED) is 0.659. The predicted octanol–water partition coefficient (Wildman–Crippen LogP) is 1.36. The zero-order valence-electron chi connectivity index (χ0n) is 16.0. The highest BCUT2D eigenvalue weighted by atomic mass is 16.5. The molecule has 9 heteroatoms. The van der Waals surface area contributed by atoms with E-state index >= 15 is 0 Å². The highest BCUT2D eigenvalue weighted by molar-refractivity contribution is 5.83. The Morgan fingerprint density at radius 3 is 2.61 bits per heavy atom. The third-order valence-corrected chi connectivity index (χ3v) is 4.88. The van der Waals surface area contributed by atoms with Gasteiger partial charge in [-0.1, -0.05) is 23.4 Å². The van der Waals surface area contributed by atoms with E-state index in [9.17, 15) is 4.79 Å². The second-order valence-corrected chi connectivity index (χ2v) is 6.66. The summed E-state index contributed by atoms with van der Waals surface area (Å²) in [6.07, 6.45) is 1.02. The maximum Gasteiger partial charge on any atom is 0.263 e. The van der Waals surface area contributed by atoms with E-state index < -0.39 is 6.10 Å². The normalized spacial score (nSPS) is 15.6. The van der Waals surface area contributed by atoms with Crippen molar-refractivity contribution in [2.75, 3.05) is 31.1 Å². The van der Waals surface area contributed by atoms with Gasteiger partial charge in [0, 0.05) is 32.7 Å². The molecule has 1 aromatic carbocycles. The lowest BCUT2D eigenvalue weighted by molar-refractivity contribution is -0.138. The van der Waals surface area contributed by atoms with Crippen LogP contribution >= 0.6 is 0 Å². The topological polar surface area (TPSA) is 89.3 Å². The van der Waals surface area contributed by atoms with Crippen LogP contribution in [0.25, 0.3) is 11.2 Å². The monoisotopic (exact) mass is 381 g/mol. The van der Waals surface area contributed by atoms with Gasteiger partial charge in [-0.3, -0.25) is 4.79 Å². The highest BCUT2D eigenvalue weighted by Gasteiger charge is 2.28. The fourth-order valence-electron chi connectivity index (χ4n) is 3.37. The molecular weight excluding hydrogens is 358 g/mol. The number of fused-ring (bicyclic) bond motifs is 1. The number of piperazine rings is 1. The highest BCUT2D eigenvalue weighted by Crippen LogP contribution is 2.22. The van der Waals surface area contributed by atoms with Crippen LogP contribution in [0.3, 0.4) is 0 Å². The fraction of sp³-hybridized carbons (Fsp3) is 0.421. The molecule has 1 saturated heterocycles. The van der Waals surface area contributed by atoms with Crippen LogP contribution in [-0.2, 0) is 11.3 Å². The Balaban J connectivity index is 1.41. The van der Waals surface area contributed by atoms with Gasteiger partial charge >= 0.3 is 0 Å². The number of ether oxygens (including phenoxy) is 1. The average Bonchev–Trinajstić information content (AvgIpc) is 3.17. The van der Waals surface area contributed by atoms with Crippen LogP contribution in [0.15, 0.2) is 36.7 Å². The first-order valence-electron chi connectivity index (χ1n) is 9.47. The van der Waals surface area contributed by atoms with Gasteiger partial charge < -0.3 is 14.5 Å². The lowest BCUT2D eigenvalue weighted by atomic mass is 10.2. The minimum absolute atomic E-state index is 0.00624. The number of benzene rings is 1. The number of aromatic nitrogens is 5. The van der Waals surface area contributed by atoms with E-state index in [1.807, 2.05) is 42.2 Å². The summed E-state index contributed by atoms with van der Waals surface area (Å²) in [5.41, 5.74) is 1.43. The van der Waals surface area contributed by atoms with Crippen molar-refractivity contribution in [3.8, 4) is 5.75 Å².